The van der Waals surface area contributed by atoms with E-state index in [-0.39, 0.29) is 24.6 Å². The average molecular weight is 238 g/mol. The van der Waals surface area contributed by atoms with Gasteiger partial charge in [-0.25, -0.2) is 0 Å². The lowest BCUT2D eigenvalue weighted by Gasteiger charge is -2.01. The van der Waals surface area contributed by atoms with Gasteiger partial charge in [0, 0.05) is 25.6 Å². The molecule has 0 spiro atoms. The third kappa shape index (κ3) is 4.38. The summed E-state index contributed by atoms with van der Waals surface area (Å²) in [4.78, 5) is 22.4. The molecule has 1 rings (SSSR count). The Labute approximate surface area is 101 Å². The molecule has 5 heteroatoms. The minimum atomic E-state index is -0.338. The van der Waals surface area contributed by atoms with Gasteiger partial charge in [0.2, 0.25) is 0 Å². The zero-order valence-corrected chi connectivity index (χ0v) is 10.5. The fourth-order valence-corrected chi connectivity index (χ4v) is 1.63. The van der Waals surface area contributed by atoms with Crippen LogP contribution in [0, 0.1) is 6.92 Å². The molecule has 0 bridgehead atoms. The largest absolute Gasteiger partial charge is 0.469 e. The molecule has 17 heavy (non-hydrogen) atoms. The number of ketones is 1. The van der Waals surface area contributed by atoms with Gasteiger partial charge in [-0.05, 0) is 19.4 Å². The molecule has 0 radical (unpaired) electrons. The molecule has 0 aliphatic carbocycles. The quantitative estimate of drug-likeness (QED) is 0.698. The summed E-state index contributed by atoms with van der Waals surface area (Å²) >= 11 is 0. The van der Waals surface area contributed by atoms with E-state index in [4.69, 9.17) is 0 Å². The monoisotopic (exact) mass is 238 g/mol. The van der Waals surface area contributed by atoms with E-state index in [1.165, 1.54) is 7.11 Å². The van der Waals surface area contributed by atoms with Crippen LogP contribution < -0.4 is 0 Å². The first-order chi connectivity index (χ1) is 8.02. The lowest BCUT2D eigenvalue weighted by Crippen LogP contribution is -2.07. The van der Waals surface area contributed by atoms with Crippen LogP contribution in [0.2, 0.25) is 0 Å². The first-order valence-electron chi connectivity index (χ1n) is 5.61. The fourth-order valence-electron chi connectivity index (χ4n) is 1.63. The Morgan fingerprint density at radius 3 is 2.59 bits per heavy atom. The molecule has 0 atom stereocenters. The van der Waals surface area contributed by atoms with Gasteiger partial charge in [-0.1, -0.05) is 0 Å². The van der Waals surface area contributed by atoms with Crippen LogP contribution in [0.3, 0.4) is 0 Å². The van der Waals surface area contributed by atoms with Crippen LogP contribution in [0.4, 0.5) is 0 Å². The summed E-state index contributed by atoms with van der Waals surface area (Å²) in [5, 5.41) is 4.21. The van der Waals surface area contributed by atoms with E-state index in [1.54, 1.807) is 4.68 Å². The average Bonchev–Trinajstić information content (AvgIpc) is 2.62. The van der Waals surface area contributed by atoms with Gasteiger partial charge in [-0.3, -0.25) is 14.3 Å². The van der Waals surface area contributed by atoms with Crippen molar-refractivity contribution in [3.63, 3.8) is 0 Å². The van der Waals surface area contributed by atoms with Gasteiger partial charge >= 0.3 is 5.97 Å². The summed E-state index contributed by atoms with van der Waals surface area (Å²) in [5.74, 6) is -0.260. The lowest BCUT2D eigenvalue weighted by atomic mass is 10.1. The van der Waals surface area contributed by atoms with E-state index in [2.05, 4.69) is 9.84 Å². The smallest absolute Gasteiger partial charge is 0.305 e. The van der Waals surface area contributed by atoms with E-state index >= 15 is 0 Å². The van der Waals surface area contributed by atoms with Crippen molar-refractivity contribution in [1.29, 1.82) is 0 Å². The summed E-state index contributed by atoms with van der Waals surface area (Å²) in [5.41, 5.74) is 1.98. The topological polar surface area (TPSA) is 61.2 Å². The minimum Gasteiger partial charge on any atom is -0.469 e. The maximum absolute atomic E-state index is 11.5. The van der Waals surface area contributed by atoms with Crippen molar-refractivity contribution < 1.29 is 14.3 Å². The number of carbonyl (C=O) groups is 2. The van der Waals surface area contributed by atoms with Crippen molar-refractivity contribution in [2.75, 3.05) is 7.11 Å². The molecule has 0 saturated carbocycles. The Morgan fingerprint density at radius 1 is 1.35 bits per heavy atom. The minimum absolute atomic E-state index is 0.0780. The first kappa shape index (κ1) is 13.4. The molecule has 0 fully saturated rings. The molecular weight excluding hydrogens is 220 g/mol. The van der Waals surface area contributed by atoms with Gasteiger partial charge in [-0.2, -0.15) is 5.10 Å². The van der Waals surface area contributed by atoms with Crippen molar-refractivity contribution in [1.82, 2.24) is 9.78 Å². The van der Waals surface area contributed by atoms with Crippen molar-refractivity contribution in [2.45, 2.75) is 32.6 Å². The number of nitrogens with zero attached hydrogens (tertiary/aromatic N) is 2. The number of aryl methyl sites for hydroxylation is 3. The zero-order chi connectivity index (χ0) is 12.8. The Bertz CT molecular complexity index is 410. The maximum atomic E-state index is 11.5. The number of hydrogen-bond acceptors (Lipinski definition) is 4. The van der Waals surface area contributed by atoms with E-state index < -0.39 is 0 Å². The van der Waals surface area contributed by atoms with Gasteiger partial charge in [0.05, 0.1) is 19.2 Å². The number of Topliss-reactive ketones (excluding diaryl/α,β-unsaturated/α-hetero) is 1. The molecule has 0 unspecified atom stereocenters. The Hall–Kier alpha value is -1.65. The molecular formula is C12H18N2O3. The molecule has 0 aliphatic rings. The van der Waals surface area contributed by atoms with Crippen LogP contribution in [0.5, 0.6) is 0 Å². The van der Waals surface area contributed by atoms with Crippen LogP contribution >= 0.6 is 0 Å². The third-order valence-electron chi connectivity index (χ3n) is 2.59. The number of hydrogen-bond donors (Lipinski definition) is 0. The number of ether oxygens (including phenoxy) is 1. The van der Waals surface area contributed by atoms with Gasteiger partial charge in [-0.15, -0.1) is 0 Å². The van der Waals surface area contributed by atoms with E-state index in [9.17, 15) is 9.59 Å². The maximum Gasteiger partial charge on any atom is 0.305 e. The van der Waals surface area contributed by atoms with Crippen LogP contribution in [0.15, 0.2) is 6.07 Å². The molecule has 5 nitrogen and oxygen atoms in total. The molecule has 0 aromatic carbocycles. The van der Waals surface area contributed by atoms with Gasteiger partial charge in [0.25, 0.3) is 0 Å². The first-order valence-corrected chi connectivity index (χ1v) is 5.61. The second-order valence-electron chi connectivity index (χ2n) is 4.02. The van der Waals surface area contributed by atoms with Gasteiger partial charge in [0.1, 0.15) is 5.78 Å². The van der Waals surface area contributed by atoms with E-state index in [1.807, 2.05) is 20.0 Å². The highest BCUT2D eigenvalue weighted by atomic mass is 16.5. The number of methoxy groups -OCH3 is 1. The molecule has 1 aromatic rings. The number of aromatic nitrogens is 2. The zero-order valence-electron chi connectivity index (χ0n) is 10.5. The molecule has 0 amide bonds. The van der Waals surface area contributed by atoms with Crippen LogP contribution in [-0.4, -0.2) is 28.6 Å². The summed E-state index contributed by atoms with van der Waals surface area (Å²) in [6, 6.07) is 1.97. The second-order valence-corrected chi connectivity index (χ2v) is 4.02. The molecule has 1 aromatic heterocycles. The second kappa shape index (κ2) is 6.18. The normalized spacial score (nSPS) is 10.3. The summed E-state index contributed by atoms with van der Waals surface area (Å²) in [6.07, 6.45) is 1.52. The highest BCUT2D eigenvalue weighted by Gasteiger charge is 2.09. The number of carbonyl (C=O) groups excluding carboxylic acids is 2. The number of rotatable bonds is 6. The molecule has 0 aliphatic heterocycles. The van der Waals surface area contributed by atoms with Crippen molar-refractivity contribution >= 4 is 11.8 Å². The molecule has 0 saturated heterocycles. The van der Waals surface area contributed by atoms with Crippen molar-refractivity contribution in [3.8, 4) is 0 Å². The van der Waals surface area contributed by atoms with Crippen molar-refractivity contribution in [2.24, 2.45) is 7.05 Å². The highest BCUT2D eigenvalue weighted by Crippen LogP contribution is 2.07. The lowest BCUT2D eigenvalue weighted by molar-refractivity contribution is -0.141. The Morgan fingerprint density at radius 2 is 2.06 bits per heavy atom. The summed E-state index contributed by atoms with van der Waals surface area (Å²) < 4.78 is 6.26. The highest BCUT2D eigenvalue weighted by molar-refractivity contribution is 5.82. The predicted molar refractivity (Wildman–Crippen MR) is 62.5 cm³/mol. The summed E-state index contributed by atoms with van der Waals surface area (Å²) in [7, 11) is 3.19. The third-order valence-corrected chi connectivity index (χ3v) is 2.59. The SMILES string of the molecule is COC(=O)CCC(=O)CCc1cc(C)nn1C. The molecule has 94 valence electrons. The van der Waals surface area contributed by atoms with Crippen molar-refractivity contribution in [3.05, 3.63) is 17.5 Å². The molecule has 1 heterocycles. The van der Waals surface area contributed by atoms with Crippen LogP contribution in [0.1, 0.15) is 30.7 Å². The van der Waals surface area contributed by atoms with Gasteiger partial charge < -0.3 is 4.74 Å². The van der Waals surface area contributed by atoms with Gasteiger partial charge in [0.15, 0.2) is 0 Å². The van der Waals surface area contributed by atoms with Crippen LogP contribution in [-0.2, 0) is 27.8 Å². The Kier molecular flexibility index (Phi) is 4.87. The summed E-state index contributed by atoms with van der Waals surface area (Å²) in [6.45, 7) is 1.92. The standard InChI is InChI=1S/C12H18N2O3/c1-9-8-10(14(2)13-9)4-5-11(15)6-7-12(16)17-3/h8H,4-7H2,1-3H3. The predicted octanol–water partition coefficient (Wildman–Crippen LogP) is 1.18. The van der Waals surface area contributed by atoms with Crippen LogP contribution in [0.25, 0.3) is 0 Å². The fraction of sp³-hybridized carbons (Fsp3) is 0.583. The number of esters is 1. The van der Waals surface area contributed by atoms with E-state index in [0.717, 1.165) is 11.4 Å². The Balaban J connectivity index is 2.33. The van der Waals surface area contributed by atoms with E-state index in [0.29, 0.717) is 12.8 Å². The molecule has 0 N–H and O–H groups in total.